The Balaban J connectivity index is 0.000000322. The lowest BCUT2D eigenvalue weighted by molar-refractivity contribution is 0.00578. The van der Waals surface area contributed by atoms with Crippen molar-refractivity contribution in [2.75, 3.05) is 26.4 Å². The lowest BCUT2D eigenvalue weighted by Crippen LogP contribution is -2.85. The van der Waals surface area contributed by atoms with Crippen LogP contribution in [0.5, 0.6) is 23.0 Å². The Morgan fingerprint density at radius 1 is 0.275 bits per heavy atom. The van der Waals surface area contributed by atoms with E-state index in [9.17, 15) is 0 Å². The van der Waals surface area contributed by atoms with Crippen molar-refractivity contribution in [3.63, 3.8) is 0 Å². The highest BCUT2D eigenvalue weighted by Gasteiger charge is 2.64. The summed E-state index contributed by atoms with van der Waals surface area (Å²) in [7, 11) is 147. The Hall–Kier alpha value is 0.0966. The fourth-order valence-corrected chi connectivity index (χ4v) is 15.1. The van der Waals surface area contributed by atoms with Gasteiger partial charge >= 0.3 is 28.3 Å². The predicted octanol–water partition coefficient (Wildman–Crippen LogP) is -6.84. The van der Waals surface area contributed by atoms with E-state index in [4.69, 9.17) is 250 Å². The monoisotopic (exact) mass is 1650 g/mol. The molecule has 12 nitrogen and oxygen atoms in total. The van der Waals surface area contributed by atoms with Gasteiger partial charge in [-0.3, -0.25) is 0 Å². The van der Waals surface area contributed by atoms with Crippen LogP contribution in [0.25, 0.3) is 0 Å². The first-order valence-corrected chi connectivity index (χ1v) is 42.0. The van der Waals surface area contributed by atoms with Crippen molar-refractivity contribution < 1.29 is 56.2 Å². The van der Waals surface area contributed by atoms with E-state index in [0.717, 1.165) is 55.7 Å². The van der Waals surface area contributed by atoms with E-state index in [0.29, 0.717) is 26.4 Å². The van der Waals surface area contributed by atoms with Gasteiger partial charge in [0.1, 0.15) is 23.0 Å². The van der Waals surface area contributed by atoms with E-state index in [1.807, 2.05) is 152 Å². The third-order valence-corrected chi connectivity index (χ3v) is 25.1. The maximum Gasteiger partial charge on any atom is 0.498 e. The molecule has 0 spiro atoms. The molecule has 0 atom stereocenters. The average Bonchev–Trinajstić information content (AvgIpc) is 1.59. The minimum atomic E-state index is -0.960. The zero-order chi connectivity index (χ0) is 91.5. The second-order valence-electron chi connectivity index (χ2n) is 35.0. The lowest BCUT2D eigenvalue weighted by Gasteiger charge is -2.47. The van der Waals surface area contributed by atoms with Gasteiger partial charge in [-0.05, 0) is 179 Å². The summed E-state index contributed by atoms with van der Waals surface area (Å²) in [6, 6.07) is 31.4. The van der Waals surface area contributed by atoms with E-state index < -0.39 is 185 Å². The van der Waals surface area contributed by atoms with Crippen LogP contribution in [0.2, 0.25) is 0 Å². The van der Waals surface area contributed by atoms with Crippen molar-refractivity contribution in [3.8, 4) is 23.0 Å². The Bertz CT molecular complexity index is 3370. The van der Waals surface area contributed by atoms with Gasteiger partial charge in [-0.15, -0.1) is 0 Å². The van der Waals surface area contributed by atoms with Gasteiger partial charge in [0, 0.05) is 365 Å². The molecule has 4 saturated heterocycles. The zero-order valence-corrected chi connectivity index (χ0v) is 76.3. The van der Waals surface area contributed by atoms with Crippen molar-refractivity contribution in [2.24, 2.45) is 0 Å². The largest absolute Gasteiger partial charge is 0.498 e. The number of ether oxygens (including phenoxy) is 4. The second kappa shape index (κ2) is 49.5. The van der Waals surface area contributed by atoms with E-state index in [1.54, 1.807) is 0 Å². The van der Waals surface area contributed by atoms with Crippen molar-refractivity contribution in [2.45, 2.75) is 168 Å². The molecule has 4 aliphatic heterocycles. The van der Waals surface area contributed by atoms with Crippen LogP contribution in [-0.2, 0) is 37.2 Å². The predicted molar refractivity (Wildman–Crippen MR) is 572 cm³/mol. The van der Waals surface area contributed by atoms with Gasteiger partial charge < -0.3 is 56.2 Å². The second-order valence-corrected chi connectivity index (χ2v) is 36.7. The smallest absolute Gasteiger partial charge is 0.494 e. The van der Waals surface area contributed by atoms with Gasteiger partial charge in [0.25, 0.3) is 0 Å². The fraction of sp³-hybridized carbons (Fsp3) is 0.556. The van der Waals surface area contributed by atoms with Crippen molar-refractivity contribution in [3.05, 3.63) is 106 Å². The molecular formula is C54H76B52Br2O12. The van der Waals surface area contributed by atoms with E-state index in [-0.39, 0.29) is 22.4 Å². The SMILES string of the molecule is Brc1ccccc1OCCCOc1ccccc1Br.CC1(C)OB(B2OC(C)(C)C(C)(C)O2)OC1(C)C.CC1(C)OB(c2ccccc2OCCCOc2ccccc2B2OC(C)(C)C(C)(C)O2)OC1(C)C.[B][B]B(B([B])[B])B(B([B])[B])B(B(B([B])[B])B([B])[B])B(B([B])[B])B([B])[B].[B][B]B([B])B(B([B])[B])B(B(B([B])[B])B([B])[B])B(B([B])[B])B([B])[B]. The molecule has 0 aliphatic carbocycles. The highest BCUT2D eigenvalue weighted by Crippen LogP contribution is 2.44. The summed E-state index contributed by atoms with van der Waals surface area (Å²) in [6.45, 7) is 34.9. The molecule has 4 aliphatic rings. The van der Waals surface area contributed by atoms with Gasteiger partial charge in [-0.1, -0.05) is 60.7 Å². The first-order chi connectivity index (χ1) is 55.3. The maximum absolute atomic E-state index is 6.22. The summed E-state index contributed by atoms with van der Waals surface area (Å²) in [5, 5.41) is 0. The molecule has 4 heterocycles. The third-order valence-electron chi connectivity index (χ3n) is 23.8. The quantitative estimate of drug-likeness (QED) is 0.0320. The van der Waals surface area contributed by atoms with Crippen molar-refractivity contribution in [1.29, 1.82) is 0 Å². The molecule has 4 aromatic carbocycles. The third kappa shape index (κ3) is 31.1. The van der Waals surface area contributed by atoms with Gasteiger partial charge in [0.05, 0.1) is 80.2 Å². The van der Waals surface area contributed by atoms with Crippen LogP contribution in [0.15, 0.2) is 106 Å². The molecule has 52 radical (unpaired) electrons. The summed E-state index contributed by atoms with van der Waals surface area (Å²) in [6.07, 6.45) is -15.7. The average molecular weight is 1640 g/mol. The topological polar surface area (TPSA) is 111 Å². The van der Waals surface area contributed by atoms with E-state index in [2.05, 4.69) is 87.2 Å². The molecule has 0 N–H and O–H groups in total. The summed E-state index contributed by atoms with van der Waals surface area (Å²) in [5.41, 5.74) is -1.24. The Morgan fingerprint density at radius 2 is 0.492 bits per heavy atom. The van der Waals surface area contributed by atoms with Crippen molar-refractivity contribution in [1.82, 2.24) is 0 Å². The zero-order valence-electron chi connectivity index (χ0n) is 73.2. The molecule has 4 aromatic rings. The van der Waals surface area contributed by atoms with Crippen LogP contribution in [-0.4, -0.2) is 441 Å². The highest BCUT2D eigenvalue weighted by molar-refractivity contribution is 9.11. The number of hydrogen-bond donors (Lipinski definition) is 0. The normalized spacial score (nSPS) is 16.5. The van der Waals surface area contributed by atoms with Crippen molar-refractivity contribution >= 4 is 413 Å². The molecular weight excluding hydrogens is 1560 g/mol. The molecule has 0 saturated carbocycles. The molecule has 534 valence electrons. The molecule has 0 bridgehead atoms. The first-order valence-electron chi connectivity index (χ1n) is 40.4. The van der Waals surface area contributed by atoms with E-state index >= 15 is 0 Å². The fourth-order valence-electron chi connectivity index (χ4n) is 14.3. The molecule has 4 fully saturated rings. The van der Waals surface area contributed by atoms with Gasteiger partial charge in [-0.25, -0.2) is 0 Å². The molecule has 0 aromatic heterocycles. The van der Waals surface area contributed by atoms with Gasteiger partial charge in [0.15, 0.2) is 0 Å². The summed E-state index contributed by atoms with van der Waals surface area (Å²) < 4.78 is 74.2. The summed E-state index contributed by atoms with van der Waals surface area (Å²) >= 11 is 6.90. The number of halogens is 2. The Morgan fingerprint density at radius 3 is 0.717 bits per heavy atom. The number of para-hydroxylation sites is 4. The van der Waals surface area contributed by atoms with Crippen LogP contribution in [0, 0.1) is 0 Å². The lowest BCUT2D eigenvalue weighted by atomic mass is 8.35. The summed E-state index contributed by atoms with van der Waals surface area (Å²) in [5.74, 6) is 3.26. The number of benzene rings is 4. The maximum atomic E-state index is 6.22. The van der Waals surface area contributed by atoms with Gasteiger partial charge in [0.2, 0.25) is 0 Å². The van der Waals surface area contributed by atoms with E-state index in [1.165, 1.54) is 14.1 Å². The van der Waals surface area contributed by atoms with Crippen LogP contribution in [0.4, 0.5) is 0 Å². The standard InChI is InChI=1S/C27H38B2O6.C15H14Br2O2.C12H24B2O4.B25.B23/c1-24(2)25(3,4)33-28(32-24)20-14-9-11-16-22(20)30-18-13-19-31-23-17-12-10-15-21(23)29-34-26(5,6)27(7,8)35-29;16-12-6-1-3-8-14(12)18-10-5-11-19-15-9-4-2-7-13(15)17;1-9(2)10(3,4)16-13(15-9)14-17-11(5,6)12(7,8)18-14;1-14-21(15(2)3)24(20(12)13)25(22(16(4)5)17(6)7)23(18(8)9)19(10)11;1-13-19(12)22(18(10)11)23(20(14(2)3)15(4)5)21(16(6)7)17(8)9/h9-12,14-17H,13,18-19H2,1-8H3;1-4,6-9H,5,10-11H2;1-8H3;;. The number of rotatable bonds is 36. The highest BCUT2D eigenvalue weighted by atomic mass is 79.9. The van der Waals surface area contributed by atoms with Crippen LogP contribution < -0.4 is 29.9 Å². The minimum absolute atomic E-state index is 0.360. The summed E-state index contributed by atoms with van der Waals surface area (Å²) in [4.78, 5) is 0. The Labute approximate surface area is 785 Å². The molecule has 0 unspecified atom stereocenters. The minimum Gasteiger partial charge on any atom is -0.494 e. The van der Waals surface area contributed by atoms with Gasteiger partial charge in [-0.2, -0.15) is 0 Å². The Kier molecular flexibility index (Phi) is 46.4. The van der Waals surface area contributed by atoms with Crippen LogP contribution in [0.1, 0.15) is 124 Å². The van der Waals surface area contributed by atoms with Crippen LogP contribution >= 0.6 is 31.9 Å². The van der Waals surface area contributed by atoms with Crippen LogP contribution in [0.3, 0.4) is 0 Å². The molecule has 120 heavy (non-hydrogen) atoms. The molecule has 0 amide bonds. The number of hydrogen-bond acceptors (Lipinski definition) is 12. The molecule has 8 rings (SSSR count). The first kappa shape index (κ1) is 112. The molecule has 66 heteroatoms.